The maximum absolute atomic E-state index is 14.1. The molecule has 6 rings (SSSR count). The van der Waals surface area contributed by atoms with Crippen molar-refractivity contribution in [3.8, 4) is 23.0 Å². The molecule has 0 fully saturated rings. The van der Waals surface area contributed by atoms with Crippen molar-refractivity contribution < 1.29 is 28.7 Å². The van der Waals surface area contributed by atoms with Crippen molar-refractivity contribution >= 4 is 45.9 Å². The largest absolute Gasteiger partial charge is 0.495 e. The van der Waals surface area contributed by atoms with Crippen LogP contribution in [0.3, 0.4) is 0 Å². The van der Waals surface area contributed by atoms with Crippen LogP contribution in [0.4, 0.5) is 17.3 Å². The quantitative estimate of drug-likeness (QED) is 0.237. The Kier molecular flexibility index (Phi) is 6.11. The Labute approximate surface area is 232 Å². The topological polar surface area (TPSA) is 139 Å². The molecule has 0 saturated carbocycles. The summed E-state index contributed by atoms with van der Waals surface area (Å²) in [5, 5.41) is 18.7. The summed E-state index contributed by atoms with van der Waals surface area (Å²) in [5.74, 6) is 1.12. The first-order valence-electron chi connectivity index (χ1n) is 12.1. The molecule has 2 N–H and O–H groups in total. The first-order valence-corrected chi connectivity index (χ1v) is 12.4. The van der Waals surface area contributed by atoms with E-state index in [1.165, 1.54) is 26.4 Å². The zero-order valence-electron chi connectivity index (χ0n) is 21.5. The van der Waals surface area contributed by atoms with Gasteiger partial charge in [0.2, 0.25) is 12.7 Å². The summed E-state index contributed by atoms with van der Waals surface area (Å²) in [6.45, 7) is 1.64. The molecule has 0 bridgehead atoms. The molecule has 204 valence electrons. The van der Waals surface area contributed by atoms with Crippen molar-refractivity contribution in [3.63, 3.8) is 0 Å². The van der Waals surface area contributed by atoms with Crippen molar-refractivity contribution in [2.45, 2.75) is 13.0 Å². The molecule has 0 aliphatic carbocycles. The number of para-hydroxylation sites is 2. The van der Waals surface area contributed by atoms with Crippen molar-refractivity contribution in [1.82, 2.24) is 9.55 Å². The number of fused-ring (bicyclic) bond motifs is 4. The van der Waals surface area contributed by atoms with E-state index in [4.69, 9.17) is 30.5 Å². The molecule has 0 saturated heterocycles. The van der Waals surface area contributed by atoms with Gasteiger partial charge in [0.25, 0.3) is 11.6 Å². The van der Waals surface area contributed by atoms with E-state index in [1.54, 1.807) is 23.6 Å². The third kappa shape index (κ3) is 4.00. The van der Waals surface area contributed by atoms with Gasteiger partial charge in [0.15, 0.2) is 11.5 Å². The van der Waals surface area contributed by atoms with Gasteiger partial charge in [-0.1, -0.05) is 23.7 Å². The van der Waals surface area contributed by atoms with Crippen molar-refractivity contribution in [1.29, 1.82) is 0 Å². The molecule has 1 aromatic heterocycles. The zero-order chi connectivity index (χ0) is 28.1. The summed E-state index contributed by atoms with van der Waals surface area (Å²) < 4.78 is 23.5. The summed E-state index contributed by atoms with van der Waals surface area (Å²) in [5.41, 5.74) is 2.29. The van der Waals surface area contributed by atoms with Gasteiger partial charge >= 0.3 is 0 Å². The van der Waals surface area contributed by atoms with Gasteiger partial charge in [-0.15, -0.1) is 0 Å². The van der Waals surface area contributed by atoms with E-state index in [9.17, 15) is 14.9 Å². The monoisotopic (exact) mass is 563 g/mol. The normalized spacial score (nSPS) is 15.4. The van der Waals surface area contributed by atoms with Gasteiger partial charge in [-0.05, 0) is 25.1 Å². The van der Waals surface area contributed by atoms with E-state index < -0.39 is 16.9 Å². The molecule has 13 heteroatoms. The molecule has 4 aromatic rings. The summed E-state index contributed by atoms with van der Waals surface area (Å²) in [6.07, 6.45) is 0. The van der Waals surface area contributed by atoms with Gasteiger partial charge in [0.1, 0.15) is 17.5 Å². The molecule has 2 aliphatic heterocycles. The molecular formula is C27H22ClN5O7. The number of anilines is 2. The summed E-state index contributed by atoms with van der Waals surface area (Å²) >= 11 is 6.25. The minimum Gasteiger partial charge on any atom is -0.495 e. The Morgan fingerprint density at radius 2 is 1.88 bits per heavy atom. The standard InChI is InChI=1S/C27H22ClN5O7/c1-13-24(26(34)30-17-10-20(37-2)15(28)9-21(17)38-3)25(32-18-7-5-4-6-16(18)31-27(32)29-13)14-8-22-23(40-12-39-22)11-19(14)33(35)36/h4-11,25H,12H2,1-3H3,(H,29,31)(H,30,34)/t25-/m0/s1. The first-order chi connectivity index (χ1) is 19.3. The molecule has 0 radical (unpaired) electrons. The predicted octanol–water partition coefficient (Wildman–Crippen LogP) is 5.27. The predicted molar refractivity (Wildman–Crippen MR) is 147 cm³/mol. The van der Waals surface area contributed by atoms with Crippen LogP contribution in [0.15, 0.2) is 59.8 Å². The number of amides is 1. The van der Waals surface area contributed by atoms with Crippen LogP contribution in [-0.2, 0) is 4.79 Å². The number of nitrogens with zero attached hydrogens (tertiary/aromatic N) is 3. The second-order valence-electron chi connectivity index (χ2n) is 9.02. The number of imidazole rings is 1. The lowest BCUT2D eigenvalue weighted by Gasteiger charge is -2.30. The van der Waals surface area contributed by atoms with Crippen LogP contribution < -0.4 is 29.6 Å². The number of rotatable bonds is 6. The summed E-state index contributed by atoms with van der Waals surface area (Å²) in [4.78, 5) is 30.6. The van der Waals surface area contributed by atoms with Gasteiger partial charge in [-0.3, -0.25) is 19.5 Å². The molecule has 0 unspecified atom stereocenters. The zero-order valence-corrected chi connectivity index (χ0v) is 22.2. The summed E-state index contributed by atoms with van der Waals surface area (Å²) in [6, 6.07) is 12.3. The molecule has 0 spiro atoms. The van der Waals surface area contributed by atoms with Gasteiger partial charge in [0, 0.05) is 17.8 Å². The molecule has 12 nitrogen and oxygen atoms in total. The number of carbonyl (C=O) groups is 1. The number of hydrogen-bond acceptors (Lipinski definition) is 9. The van der Waals surface area contributed by atoms with E-state index in [2.05, 4.69) is 15.6 Å². The van der Waals surface area contributed by atoms with Crippen LogP contribution in [0.2, 0.25) is 5.02 Å². The fourth-order valence-corrected chi connectivity index (χ4v) is 5.25. The highest BCUT2D eigenvalue weighted by Crippen LogP contribution is 2.47. The lowest BCUT2D eigenvalue weighted by molar-refractivity contribution is -0.385. The van der Waals surface area contributed by atoms with Gasteiger partial charge in [-0.25, -0.2) is 4.98 Å². The second kappa shape index (κ2) is 9.65. The van der Waals surface area contributed by atoms with Crippen LogP contribution in [0, 0.1) is 10.1 Å². The molecule has 2 aliphatic rings. The molecule has 3 aromatic carbocycles. The van der Waals surface area contributed by atoms with Crippen molar-refractivity contribution in [2.75, 3.05) is 31.6 Å². The minimum absolute atomic E-state index is 0.0676. The average Bonchev–Trinajstić information content (AvgIpc) is 3.55. The number of halogens is 1. The first kappa shape index (κ1) is 25.3. The average molecular weight is 564 g/mol. The molecular weight excluding hydrogens is 542 g/mol. The van der Waals surface area contributed by atoms with E-state index in [-0.39, 0.29) is 29.4 Å². The fraction of sp³-hybridized carbons (Fsp3) is 0.185. The van der Waals surface area contributed by atoms with Crippen molar-refractivity contribution in [3.05, 3.63) is 80.5 Å². The van der Waals surface area contributed by atoms with Gasteiger partial charge in [0.05, 0.1) is 58.1 Å². The SMILES string of the molecule is COc1cc(NC(=O)C2=C(C)Nc3nc4ccccc4n3[C@H]2c2cc3c(cc2[N+](=O)[O-])OCO3)c(OC)cc1Cl. The number of nitro benzene ring substituents is 1. The lowest BCUT2D eigenvalue weighted by Crippen LogP contribution is -2.31. The fourth-order valence-electron chi connectivity index (χ4n) is 5.02. The number of methoxy groups -OCH3 is 2. The van der Waals surface area contributed by atoms with Crippen LogP contribution in [0.5, 0.6) is 23.0 Å². The highest BCUT2D eigenvalue weighted by atomic mass is 35.5. The molecule has 1 atom stereocenters. The van der Waals surface area contributed by atoms with Crippen LogP contribution in [0.25, 0.3) is 11.0 Å². The number of allylic oxidation sites excluding steroid dienone is 1. The Morgan fingerprint density at radius 3 is 2.60 bits per heavy atom. The number of carbonyl (C=O) groups excluding carboxylic acids is 1. The third-order valence-corrected chi connectivity index (χ3v) is 7.11. The Balaban J connectivity index is 1.56. The van der Waals surface area contributed by atoms with E-state index in [1.807, 2.05) is 24.3 Å². The number of benzene rings is 3. The van der Waals surface area contributed by atoms with Crippen LogP contribution >= 0.6 is 11.6 Å². The smallest absolute Gasteiger partial charge is 0.279 e. The highest BCUT2D eigenvalue weighted by Gasteiger charge is 2.39. The number of ether oxygens (including phenoxy) is 4. The molecule has 3 heterocycles. The lowest BCUT2D eigenvalue weighted by atomic mass is 9.92. The maximum Gasteiger partial charge on any atom is 0.279 e. The number of nitrogens with one attached hydrogen (secondary N) is 2. The Morgan fingerprint density at radius 1 is 1.15 bits per heavy atom. The van der Waals surface area contributed by atoms with Gasteiger partial charge < -0.3 is 29.6 Å². The molecule has 1 amide bonds. The number of nitro groups is 1. The van der Waals surface area contributed by atoms with E-state index >= 15 is 0 Å². The number of aromatic nitrogens is 2. The number of hydrogen-bond donors (Lipinski definition) is 2. The van der Waals surface area contributed by atoms with Crippen molar-refractivity contribution in [2.24, 2.45) is 0 Å². The molecule has 40 heavy (non-hydrogen) atoms. The minimum atomic E-state index is -0.959. The second-order valence-corrected chi connectivity index (χ2v) is 9.43. The van der Waals surface area contributed by atoms with E-state index in [0.717, 1.165) is 0 Å². The van der Waals surface area contributed by atoms with Gasteiger partial charge in [-0.2, -0.15) is 0 Å². The Hall–Kier alpha value is -4.97. The summed E-state index contributed by atoms with van der Waals surface area (Å²) in [7, 11) is 2.90. The van der Waals surface area contributed by atoms with Crippen LogP contribution in [0.1, 0.15) is 18.5 Å². The Bertz CT molecular complexity index is 1750. The van der Waals surface area contributed by atoms with E-state index in [0.29, 0.717) is 50.6 Å². The third-order valence-electron chi connectivity index (χ3n) is 6.81. The highest BCUT2D eigenvalue weighted by molar-refractivity contribution is 6.32. The van der Waals surface area contributed by atoms with Crippen LogP contribution in [-0.4, -0.2) is 41.4 Å². The maximum atomic E-state index is 14.1.